The van der Waals surface area contributed by atoms with Crippen LogP contribution in [-0.2, 0) is 19.9 Å². The SMILES string of the molecule is Cl.Cl.Cn1c(CCc2ccc(C#N)c(F)c2)cnc1N. The molecule has 0 amide bonds. The van der Waals surface area contributed by atoms with Crippen molar-refractivity contribution in [2.24, 2.45) is 7.05 Å². The Balaban J connectivity index is 0.00000180. The van der Waals surface area contributed by atoms with E-state index in [4.69, 9.17) is 11.0 Å². The van der Waals surface area contributed by atoms with Gasteiger partial charge in [0.25, 0.3) is 0 Å². The normalized spacial score (nSPS) is 9.25. The van der Waals surface area contributed by atoms with Crippen LogP contribution in [0.25, 0.3) is 0 Å². The summed E-state index contributed by atoms with van der Waals surface area (Å²) in [5.74, 6) is -0.00414. The maximum Gasteiger partial charge on any atom is 0.200 e. The van der Waals surface area contributed by atoms with E-state index in [0.29, 0.717) is 12.4 Å². The summed E-state index contributed by atoms with van der Waals surface area (Å²) < 4.78 is 15.2. The van der Waals surface area contributed by atoms with Crippen molar-refractivity contribution in [2.75, 3.05) is 5.73 Å². The van der Waals surface area contributed by atoms with Gasteiger partial charge in [-0.15, -0.1) is 24.8 Å². The molecule has 0 radical (unpaired) electrons. The number of nitriles is 1. The van der Waals surface area contributed by atoms with Crippen LogP contribution in [0.1, 0.15) is 16.8 Å². The van der Waals surface area contributed by atoms with Gasteiger partial charge in [0.05, 0.1) is 11.8 Å². The fourth-order valence-corrected chi connectivity index (χ4v) is 1.77. The van der Waals surface area contributed by atoms with E-state index in [0.717, 1.165) is 17.7 Å². The van der Waals surface area contributed by atoms with E-state index in [-0.39, 0.29) is 30.4 Å². The molecule has 0 unspecified atom stereocenters. The molecule has 108 valence electrons. The molecule has 0 bridgehead atoms. The minimum Gasteiger partial charge on any atom is -0.369 e. The van der Waals surface area contributed by atoms with E-state index in [2.05, 4.69) is 4.98 Å². The average Bonchev–Trinajstić information content (AvgIpc) is 2.68. The first-order chi connectivity index (χ1) is 8.61. The zero-order chi connectivity index (χ0) is 13.1. The van der Waals surface area contributed by atoms with Crippen molar-refractivity contribution in [3.05, 3.63) is 47.0 Å². The van der Waals surface area contributed by atoms with Gasteiger partial charge in [-0.05, 0) is 30.5 Å². The molecule has 0 aliphatic rings. The molecule has 0 aliphatic carbocycles. The summed E-state index contributed by atoms with van der Waals surface area (Å²) in [6.45, 7) is 0. The van der Waals surface area contributed by atoms with Crippen LogP contribution in [0.15, 0.2) is 24.4 Å². The van der Waals surface area contributed by atoms with Crippen molar-refractivity contribution in [1.82, 2.24) is 9.55 Å². The number of nitrogens with two attached hydrogens (primary N) is 1. The summed E-state index contributed by atoms with van der Waals surface area (Å²) in [4.78, 5) is 4.00. The number of anilines is 1. The third-order valence-corrected chi connectivity index (χ3v) is 2.94. The summed E-state index contributed by atoms with van der Waals surface area (Å²) in [5.41, 5.74) is 7.55. The van der Waals surface area contributed by atoms with Gasteiger partial charge in [0.2, 0.25) is 0 Å². The molecule has 4 nitrogen and oxygen atoms in total. The van der Waals surface area contributed by atoms with Crippen molar-refractivity contribution >= 4 is 30.8 Å². The van der Waals surface area contributed by atoms with E-state index >= 15 is 0 Å². The van der Waals surface area contributed by atoms with E-state index in [9.17, 15) is 4.39 Å². The number of hydrogen-bond acceptors (Lipinski definition) is 3. The third kappa shape index (κ3) is 3.86. The molecule has 0 saturated heterocycles. The van der Waals surface area contributed by atoms with E-state index in [1.54, 1.807) is 22.9 Å². The van der Waals surface area contributed by atoms with Crippen molar-refractivity contribution in [3.8, 4) is 6.07 Å². The van der Waals surface area contributed by atoms with Gasteiger partial charge in [0.1, 0.15) is 11.9 Å². The fraction of sp³-hybridized carbons (Fsp3) is 0.231. The van der Waals surface area contributed by atoms with Crippen LogP contribution in [0.2, 0.25) is 0 Å². The van der Waals surface area contributed by atoms with E-state index < -0.39 is 5.82 Å². The van der Waals surface area contributed by atoms with Gasteiger partial charge in [-0.25, -0.2) is 9.37 Å². The summed E-state index contributed by atoms with van der Waals surface area (Å²) in [6, 6.07) is 6.47. The Labute approximate surface area is 129 Å². The summed E-state index contributed by atoms with van der Waals surface area (Å²) >= 11 is 0. The van der Waals surface area contributed by atoms with E-state index in [1.165, 1.54) is 12.1 Å². The topological polar surface area (TPSA) is 67.6 Å². The van der Waals surface area contributed by atoms with Crippen molar-refractivity contribution in [2.45, 2.75) is 12.8 Å². The molecular formula is C13H15Cl2FN4. The Morgan fingerprint density at radius 1 is 1.35 bits per heavy atom. The molecule has 20 heavy (non-hydrogen) atoms. The molecule has 7 heteroatoms. The highest BCUT2D eigenvalue weighted by Crippen LogP contribution is 2.13. The molecule has 2 aromatic rings. The number of aromatic nitrogens is 2. The Hall–Kier alpha value is -1.77. The number of benzene rings is 1. The van der Waals surface area contributed by atoms with Gasteiger partial charge in [-0.2, -0.15) is 5.26 Å². The predicted molar refractivity (Wildman–Crippen MR) is 80.6 cm³/mol. The second-order valence-electron chi connectivity index (χ2n) is 4.09. The minimum atomic E-state index is -0.473. The number of hydrogen-bond donors (Lipinski definition) is 1. The van der Waals surface area contributed by atoms with Gasteiger partial charge >= 0.3 is 0 Å². The molecule has 1 aromatic carbocycles. The van der Waals surface area contributed by atoms with Crippen LogP contribution in [0, 0.1) is 17.1 Å². The number of nitrogen functional groups attached to an aromatic ring is 1. The molecule has 1 heterocycles. The lowest BCUT2D eigenvalue weighted by molar-refractivity contribution is 0.621. The predicted octanol–water partition coefficient (Wildman–Crippen LogP) is 2.64. The van der Waals surface area contributed by atoms with Crippen LogP contribution < -0.4 is 5.73 Å². The van der Waals surface area contributed by atoms with Crippen molar-refractivity contribution in [3.63, 3.8) is 0 Å². The largest absolute Gasteiger partial charge is 0.369 e. The average molecular weight is 317 g/mol. The molecule has 1 aromatic heterocycles. The summed E-state index contributed by atoms with van der Waals surface area (Å²) in [7, 11) is 1.84. The quantitative estimate of drug-likeness (QED) is 0.946. The number of imidazole rings is 1. The number of halogens is 3. The van der Waals surface area contributed by atoms with Crippen LogP contribution >= 0.6 is 24.8 Å². The first-order valence-corrected chi connectivity index (χ1v) is 5.56. The van der Waals surface area contributed by atoms with Crippen LogP contribution in [-0.4, -0.2) is 9.55 Å². The molecule has 0 fully saturated rings. The standard InChI is InChI=1S/C13H13FN4.2ClH/c1-18-11(8-17-13(18)16)5-3-9-2-4-10(7-15)12(14)6-9;;/h2,4,6,8H,3,5H2,1H3,(H2,16,17);2*1H. The van der Waals surface area contributed by atoms with Gasteiger partial charge in [0, 0.05) is 12.7 Å². The molecule has 0 atom stereocenters. The number of nitrogens with zero attached hydrogens (tertiary/aromatic N) is 3. The monoisotopic (exact) mass is 316 g/mol. The summed E-state index contributed by atoms with van der Waals surface area (Å²) in [5, 5.41) is 8.64. The minimum absolute atomic E-state index is 0. The van der Waals surface area contributed by atoms with Crippen LogP contribution in [0.4, 0.5) is 10.3 Å². The Bertz CT molecular complexity index is 619. The maximum atomic E-state index is 13.4. The second kappa shape index (κ2) is 7.73. The first kappa shape index (κ1) is 18.2. The lowest BCUT2D eigenvalue weighted by atomic mass is 10.1. The second-order valence-corrected chi connectivity index (χ2v) is 4.09. The molecule has 0 saturated carbocycles. The van der Waals surface area contributed by atoms with Gasteiger partial charge in [-0.1, -0.05) is 6.07 Å². The molecular weight excluding hydrogens is 302 g/mol. The van der Waals surface area contributed by atoms with Gasteiger partial charge < -0.3 is 10.3 Å². The molecule has 0 spiro atoms. The van der Waals surface area contributed by atoms with E-state index in [1.807, 2.05) is 7.05 Å². The Kier molecular flexibility index (Phi) is 7.05. The Morgan fingerprint density at radius 2 is 2.05 bits per heavy atom. The van der Waals surface area contributed by atoms with Crippen molar-refractivity contribution < 1.29 is 4.39 Å². The highest BCUT2D eigenvalue weighted by molar-refractivity contribution is 5.85. The zero-order valence-electron chi connectivity index (χ0n) is 10.8. The first-order valence-electron chi connectivity index (χ1n) is 5.56. The fourth-order valence-electron chi connectivity index (χ4n) is 1.77. The Morgan fingerprint density at radius 3 is 2.55 bits per heavy atom. The molecule has 2 N–H and O–H groups in total. The van der Waals surface area contributed by atoms with Crippen LogP contribution in [0.3, 0.4) is 0 Å². The lowest BCUT2D eigenvalue weighted by Gasteiger charge is -2.04. The van der Waals surface area contributed by atoms with Gasteiger partial charge in [0.15, 0.2) is 5.95 Å². The van der Waals surface area contributed by atoms with Crippen molar-refractivity contribution in [1.29, 1.82) is 5.26 Å². The van der Waals surface area contributed by atoms with Crippen LogP contribution in [0.5, 0.6) is 0 Å². The number of rotatable bonds is 3. The smallest absolute Gasteiger partial charge is 0.200 e. The zero-order valence-corrected chi connectivity index (χ0v) is 12.5. The third-order valence-electron chi connectivity index (χ3n) is 2.94. The highest BCUT2D eigenvalue weighted by atomic mass is 35.5. The summed E-state index contributed by atoms with van der Waals surface area (Å²) in [6.07, 6.45) is 3.13. The maximum absolute atomic E-state index is 13.4. The van der Waals surface area contributed by atoms with Gasteiger partial charge in [-0.3, -0.25) is 0 Å². The molecule has 2 rings (SSSR count). The highest BCUT2D eigenvalue weighted by Gasteiger charge is 2.06. The lowest BCUT2D eigenvalue weighted by Crippen LogP contribution is -2.03. The molecule has 0 aliphatic heterocycles. The number of aryl methyl sites for hydroxylation is 2.